The SMILES string of the molecule is CCOC1CC(NCc2nccn2CC)C1. The van der Waals surface area contributed by atoms with Crippen molar-refractivity contribution in [1.29, 1.82) is 0 Å². The van der Waals surface area contributed by atoms with E-state index in [1.807, 2.05) is 12.4 Å². The van der Waals surface area contributed by atoms with Gasteiger partial charge in [-0.25, -0.2) is 4.98 Å². The van der Waals surface area contributed by atoms with Gasteiger partial charge < -0.3 is 14.6 Å². The molecule has 1 aromatic rings. The van der Waals surface area contributed by atoms with Gasteiger partial charge in [-0.3, -0.25) is 0 Å². The largest absolute Gasteiger partial charge is 0.378 e. The summed E-state index contributed by atoms with van der Waals surface area (Å²) < 4.78 is 7.70. The highest BCUT2D eigenvalue weighted by Crippen LogP contribution is 2.23. The molecule has 0 bridgehead atoms. The molecule has 0 saturated heterocycles. The van der Waals surface area contributed by atoms with Crippen molar-refractivity contribution in [3.63, 3.8) is 0 Å². The average molecular weight is 223 g/mol. The number of imidazole rings is 1. The minimum atomic E-state index is 0.480. The maximum atomic E-state index is 5.53. The van der Waals surface area contributed by atoms with Crippen LogP contribution in [0.4, 0.5) is 0 Å². The predicted octanol–water partition coefficient (Wildman–Crippen LogP) is 1.56. The number of hydrogen-bond donors (Lipinski definition) is 1. The second-order valence-corrected chi connectivity index (χ2v) is 4.26. The van der Waals surface area contributed by atoms with Crippen molar-refractivity contribution >= 4 is 0 Å². The molecule has 2 rings (SSSR count). The van der Waals surface area contributed by atoms with Gasteiger partial charge in [-0.05, 0) is 26.7 Å². The average Bonchev–Trinajstić information content (AvgIpc) is 2.68. The minimum absolute atomic E-state index is 0.480. The zero-order chi connectivity index (χ0) is 11.4. The van der Waals surface area contributed by atoms with Crippen LogP contribution in [0.15, 0.2) is 12.4 Å². The molecule has 1 N–H and O–H groups in total. The normalized spacial score (nSPS) is 24.4. The number of aryl methyl sites for hydroxylation is 1. The molecule has 16 heavy (non-hydrogen) atoms. The molecule has 0 unspecified atom stereocenters. The van der Waals surface area contributed by atoms with E-state index in [1.54, 1.807) is 0 Å². The number of rotatable bonds is 6. The van der Waals surface area contributed by atoms with Crippen molar-refractivity contribution in [1.82, 2.24) is 14.9 Å². The van der Waals surface area contributed by atoms with Crippen molar-refractivity contribution in [3.8, 4) is 0 Å². The van der Waals surface area contributed by atoms with Crippen LogP contribution in [0.2, 0.25) is 0 Å². The highest BCUT2D eigenvalue weighted by molar-refractivity contribution is 4.94. The second kappa shape index (κ2) is 5.46. The summed E-state index contributed by atoms with van der Waals surface area (Å²) in [5.74, 6) is 1.13. The lowest BCUT2D eigenvalue weighted by Gasteiger charge is -2.35. The Morgan fingerprint density at radius 1 is 1.50 bits per heavy atom. The molecule has 1 aromatic heterocycles. The zero-order valence-electron chi connectivity index (χ0n) is 10.1. The molecular weight excluding hydrogens is 202 g/mol. The first kappa shape index (κ1) is 11.6. The fourth-order valence-corrected chi connectivity index (χ4v) is 2.13. The van der Waals surface area contributed by atoms with Crippen LogP contribution in [0.3, 0.4) is 0 Å². The quantitative estimate of drug-likeness (QED) is 0.795. The molecule has 0 spiro atoms. The van der Waals surface area contributed by atoms with E-state index >= 15 is 0 Å². The Labute approximate surface area is 97.0 Å². The summed E-state index contributed by atoms with van der Waals surface area (Å²) >= 11 is 0. The van der Waals surface area contributed by atoms with Crippen molar-refractivity contribution < 1.29 is 4.74 Å². The van der Waals surface area contributed by atoms with E-state index in [1.165, 1.54) is 0 Å². The first-order valence-electron chi connectivity index (χ1n) is 6.18. The van der Waals surface area contributed by atoms with Gasteiger partial charge in [-0.1, -0.05) is 0 Å². The fourth-order valence-electron chi connectivity index (χ4n) is 2.13. The Balaban J connectivity index is 1.69. The van der Waals surface area contributed by atoms with E-state index in [0.717, 1.165) is 38.4 Å². The van der Waals surface area contributed by atoms with E-state index in [9.17, 15) is 0 Å². The molecule has 0 radical (unpaired) electrons. The Morgan fingerprint density at radius 2 is 2.31 bits per heavy atom. The van der Waals surface area contributed by atoms with Crippen LogP contribution in [-0.2, 0) is 17.8 Å². The van der Waals surface area contributed by atoms with E-state index in [0.29, 0.717) is 12.1 Å². The van der Waals surface area contributed by atoms with Gasteiger partial charge in [-0.2, -0.15) is 0 Å². The lowest BCUT2D eigenvalue weighted by Crippen LogP contribution is -2.45. The van der Waals surface area contributed by atoms with Gasteiger partial charge in [0.05, 0.1) is 12.6 Å². The first-order chi connectivity index (χ1) is 7.83. The maximum absolute atomic E-state index is 5.53. The molecule has 1 saturated carbocycles. The molecule has 90 valence electrons. The first-order valence-corrected chi connectivity index (χ1v) is 6.18. The monoisotopic (exact) mass is 223 g/mol. The Kier molecular flexibility index (Phi) is 3.96. The number of nitrogens with one attached hydrogen (secondary N) is 1. The van der Waals surface area contributed by atoms with Crippen LogP contribution in [-0.4, -0.2) is 28.3 Å². The predicted molar refractivity (Wildman–Crippen MR) is 63.2 cm³/mol. The summed E-state index contributed by atoms with van der Waals surface area (Å²) in [6.07, 6.45) is 6.65. The van der Waals surface area contributed by atoms with Gasteiger partial charge in [0.25, 0.3) is 0 Å². The molecule has 1 fully saturated rings. The summed E-state index contributed by atoms with van der Waals surface area (Å²) in [5.41, 5.74) is 0. The lowest BCUT2D eigenvalue weighted by molar-refractivity contribution is -0.0104. The smallest absolute Gasteiger partial charge is 0.122 e. The molecule has 0 aromatic carbocycles. The van der Waals surface area contributed by atoms with Crippen LogP contribution in [0.5, 0.6) is 0 Å². The lowest BCUT2D eigenvalue weighted by atomic mass is 9.89. The van der Waals surface area contributed by atoms with Crippen molar-refractivity contribution in [3.05, 3.63) is 18.2 Å². The second-order valence-electron chi connectivity index (χ2n) is 4.26. The summed E-state index contributed by atoms with van der Waals surface area (Å²) in [6.45, 7) is 6.88. The van der Waals surface area contributed by atoms with Crippen molar-refractivity contribution in [2.75, 3.05) is 6.61 Å². The van der Waals surface area contributed by atoms with E-state index in [-0.39, 0.29) is 0 Å². The fraction of sp³-hybridized carbons (Fsp3) is 0.750. The number of ether oxygens (including phenoxy) is 1. The van der Waals surface area contributed by atoms with Gasteiger partial charge >= 0.3 is 0 Å². The molecule has 0 amide bonds. The third-order valence-corrected chi connectivity index (χ3v) is 3.19. The zero-order valence-corrected chi connectivity index (χ0v) is 10.1. The number of hydrogen-bond acceptors (Lipinski definition) is 3. The van der Waals surface area contributed by atoms with Gasteiger partial charge in [0.1, 0.15) is 5.82 Å². The third-order valence-electron chi connectivity index (χ3n) is 3.19. The van der Waals surface area contributed by atoms with Crippen molar-refractivity contribution in [2.24, 2.45) is 0 Å². The van der Waals surface area contributed by atoms with E-state index < -0.39 is 0 Å². The Morgan fingerprint density at radius 3 is 3.00 bits per heavy atom. The summed E-state index contributed by atoms with van der Waals surface area (Å²) in [4.78, 5) is 4.34. The number of nitrogens with zero attached hydrogens (tertiary/aromatic N) is 2. The summed E-state index contributed by atoms with van der Waals surface area (Å²) in [6, 6.07) is 0.610. The summed E-state index contributed by atoms with van der Waals surface area (Å²) in [7, 11) is 0. The standard InChI is InChI=1S/C12H21N3O/c1-3-15-6-5-13-12(15)9-14-10-7-11(8-10)16-4-2/h5-6,10-11,14H,3-4,7-9H2,1-2H3. The number of aromatic nitrogens is 2. The Hall–Kier alpha value is -0.870. The van der Waals surface area contributed by atoms with Crippen LogP contribution in [0.25, 0.3) is 0 Å². The van der Waals surface area contributed by atoms with Crippen molar-refractivity contribution in [2.45, 2.75) is 51.9 Å². The molecule has 0 atom stereocenters. The molecule has 4 heteroatoms. The molecule has 4 nitrogen and oxygen atoms in total. The Bertz CT molecular complexity index is 318. The summed E-state index contributed by atoms with van der Waals surface area (Å²) in [5, 5.41) is 3.52. The van der Waals surface area contributed by atoms with Gasteiger partial charge in [0, 0.05) is 31.6 Å². The van der Waals surface area contributed by atoms with Gasteiger partial charge in [-0.15, -0.1) is 0 Å². The third kappa shape index (κ3) is 2.62. The van der Waals surface area contributed by atoms with Crippen LogP contribution >= 0.6 is 0 Å². The van der Waals surface area contributed by atoms with Crippen LogP contribution < -0.4 is 5.32 Å². The molecule has 0 aliphatic heterocycles. The topological polar surface area (TPSA) is 39.1 Å². The van der Waals surface area contributed by atoms with E-state index in [2.05, 4.69) is 28.7 Å². The van der Waals surface area contributed by atoms with Crippen LogP contribution in [0, 0.1) is 0 Å². The molecule has 1 aliphatic rings. The van der Waals surface area contributed by atoms with Gasteiger partial charge in [0.15, 0.2) is 0 Å². The van der Waals surface area contributed by atoms with Gasteiger partial charge in [0.2, 0.25) is 0 Å². The molecule has 1 heterocycles. The van der Waals surface area contributed by atoms with Crippen LogP contribution in [0.1, 0.15) is 32.5 Å². The van der Waals surface area contributed by atoms with E-state index in [4.69, 9.17) is 4.74 Å². The molecule has 1 aliphatic carbocycles. The maximum Gasteiger partial charge on any atom is 0.122 e. The highest BCUT2D eigenvalue weighted by atomic mass is 16.5. The minimum Gasteiger partial charge on any atom is -0.378 e. The highest BCUT2D eigenvalue weighted by Gasteiger charge is 2.29. The molecular formula is C12H21N3O.